The SMILES string of the molecule is O=C(N[C@H]1CCC12CCN(Cc1cccnc1)CC2)c1cnccn1. The number of amides is 1. The molecule has 130 valence electrons. The van der Waals surface area contributed by atoms with Crippen molar-refractivity contribution in [3.63, 3.8) is 0 Å². The van der Waals surface area contributed by atoms with Gasteiger partial charge in [-0.2, -0.15) is 0 Å². The fourth-order valence-corrected chi connectivity index (χ4v) is 4.08. The number of aromatic nitrogens is 3. The van der Waals surface area contributed by atoms with Crippen LogP contribution < -0.4 is 5.32 Å². The first kappa shape index (κ1) is 16.1. The first-order chi connectivity index (χ1) is 12.3. The molecule has 1 N–H and O–H groups in total. The molecule has 1 saturated heterocycles. The molecule has 2 aromatic heterocycles. The normalized spacial score (nSPS) is 22.3. The van der Waals surface area contributed by atoms with Crippen molar-refractivity contribution < 1.29 is 4.79 Å². The summed E-state index contributed by atoms with van der Waals surface area (Å²) in [7, 11) is 0. The zero-order valence-electron chi connectivity index (χ0n) is 14.3. The topological polar surface area (TPSA) is 71.0 Å². The number of pyridine rings is 1. The number of nitrogens with zero attached hydrogens (tertiary/aromatic N) is 4. The zero-order valence-corrected chi connectivity index (χ0v) is 14.3. The zero-order chi connectivity index (χ0) is 17.1. The van der Waals surface area contributed by atoms with Crippen molar-refractivity contribution in [3.8, 4) is 0 Å². The minimum atomic E-state index is -0.102. The van der Waals surface area contributed by atoms with E-state index in [0.717, 1.165) is 38.9 Å². The Morgan fingerprint density at radius 2 is 2.00 bits per heavy atom. The quantitative estimate of drug-likeness (QED) is 0.924. The van der Waals surface area contributed by atoms with Gasteiger partial charge in [-0.15, -0.1) is 0 Å². The van der Waals surface area contributed by atoms with E-state index in [0.29, 0.717) is 5.69 Å². The predicted molar refractivity (Wildman–Crippen MR) is 93.7 cm³/mol. The molecule has 1 spiro atoms. The Bertz CT molecular complexity index is 713. The molecule has 3 heterocycles. The first-order valence-electron chi connectivity index (χ1n) is 8.93. The Morgan fingerprint density at radius 1 is 1.16 bits per heavy atom. The average Bonchev–Trinajstić information content (AvgIpc) is 2.67. The summed E-state index contributed by atoms with van der Waals surface area (Å²) in [6.45, 7) is 3.11. The second-order valence-corrected chi connectivity index (χ2v) is 7.16. The summed E-state index contributed by atoms with van der Waals surface area (Å²) >= 11 is 0. The van der Waals surface area contributed by atoms with Crippen molar-refractivity contribution in [2.24, 2.45) is 5.41 Å². The van der Waals surface area contributed by atoms with Gasteiger partial charge in [0.25, 0.3) is 5.91 Å². The van der Waals surface area contributed by atoms with Crippen LogP contribution in [0.25, 0.3) is 0 Å². The van der Waals surface area contributed by atoms with Crippen molar-refractivity contribution in [2.45, 2.75) is 38.3 Å². The molecule has 4 rings (SSSR count). The van der Waals surface area contributed by atoms with Gasteiger partial charge in [-0.3, -0.25) is 19.7 Å². The molecule has 1 saturated carbocycles. The Morgan fingerprint density at radius 3 is 2.64 bits per heavy atom. The highest BCUT2D eigenvalue weighted by molar-refractivity contribution is 5.92. The van der Waals surface area contributed by atoms with E-state index >= 15 is 0 Å². The van der Waals surface area contributed by atoms with Crippen molar-refractivity contribution in [3.05, 3.63) is 54.4 Å². The number of carbonyl (C=O) groups is 1. The van der Waals surface area contributed by atoms with Crippen LogP contribution in [0.4, 0.5) is 0 Å². The predicted octanol–water partition coefficient (Wildman–Crippen LogP) is 2.05. The summed E-state index contributed by atoms with van der Waals surface area (Å²) in [6.07, 6.45) is 13.0. The van der Waals surface area contributed by atoms with Crippen LogP contribution in [0.15, 0.2) is 43.1 Å². The van der Waals surface area contributed by atoms with E-state index in [1.165, 1.54) is 18.2 Å². The molecule has 2 fully saturated rings. The average molecular weight is 337 g/mol. The third kappa shape index (κ3) is 3.39. The summed E-state index contributed by atoms with van der Waals surface area (Å²) in [6, 6.07) is 4.39. The molecule has 0 aromatic carbocycles. The van der Waals surface area contributed by atoms with Crippen molar-refractivity contribution in [1.82, 2.24) is 25.2 Å². The van der Waals surface area contributed by atoms with Crippen LogP contribution in [0.1, 0.15) is 41.7 Å². The Balaban J connectivity index is 1.32. The highest BCUT2D eigenvalue weighted by Gasteiger charge is 2.48. The molecule has 25 heavy (non-hydrogen) atoms. The molecule has 0 unspecified atom stereocenters. The summed E-state index contributed by atoms with van der Waals surface area (Å²) in [5, 5.41) is 3.19. The number of hydrogen-bond donors (Lipinski definition) is 1. The lowest BCUT2D eigenvalue weighted by Gasteiger charge is -2.54. The van der Waals surface area contributed by atoms with Gasteiger partial charge in [0, 0.05) is 37.4 Å². The number of hydrogen-bond acceptors (Lipinski definition) is 5. The summed E-state index contributed by atoms with van der Waals surface area (Å²) in [4.78, 5) is 27.1. The van der Waals surface area contributed by atoms with E-state index in [4.69, 9.17) is 0 Å². The highest BCUT2D eigenvalue weighted by atomic mass is 16.2. The molecule has 1 atom stereocenters. The lowest BCUT2D eigenvalue weighted by atomic mass is 9.59. The lowest BCUT2D eigenvalue weighted by Crippen LogP contribution is -2.59. The van der Waals surface area contributed by atoms with E-state index in [2.05, 4.69) is 31.2 Å². The molecule has 0 bridgehead atoms. The van der Waals surface area contributed by atoms with Crippen LogP contribution in [0.2, 0.25) is 0 Å². The van der Waals surface area contributed by atoms with Crippen molar-refractivity contribution >= 4 is 5.91 Å². The molecule has 1 aliphatic carbocycles. The van der Waals surface area contributed by atoms with Crippen molar-refractivity contribution in [2.75, 3.05) is 13.1 Å². The molecule has 0 radical (unpaired) electrons. The molecule has 2 aliphatic rings. The molecule has 6 heteroatoms. The smallest absolute Gasteiger partial charge is 0.271 e. The van der Waals surface area contributed by atoms with Gasteiger partial charge in [0.05, 0.1) is 6.20 Å². The fourth-order valence-electron chi connectivity index (χ4n) is 4.08. The molecule has 2 aromatic rings. The van der Waals surface area contributed by atoms with Crippen LogP contribution in [-0.2, 0) is 6.54 Å². The number of nitrogens with one attached hydrogen (secondary N) is 1. The Hall–Kier alpha value is -2.34. The van der Waals surface area contributed by atoms with E-state index in [1.807, 2.05) is 18.5 Å². The number of carbonyl (C=O) groups excluding carboxylic acids is 1. The largest absolute Gasteiger partial charge is 0.347 e. The van der Waals surface area contributed by atoms with Crippen molar-refractivity contribution in [1.29, 1.82) is 0 Å². The van der Waals surface area contributed by atoms with E-state index in [9.17, 15) is 4.79 Å². The van der Waals surface area contributed by atoms with E-state index in [1.54, 1.807) is 12.4 Å². The van der Waals surface area contributed by atoms with Gasteiger partial charge in [-0.05, 0) is 55.8 Å². The third-order valence-electron chi connectivity index (χ3n) is 5.75. The second kappa shape index (κ2) is 6.88. The van der Waals surface area contributed by atoms with Crippen LogP contribution in [0, 0.1) is 5.41 Å². The van der Waals surface area contributed by atoms with Gasteiger partial charge < -0.3 is 5.32 Å². The van der Waals surface area contributed by atoms with E-state index < -0.39 is 0 Å². The number of piperidine rings is 1. The fraction of sp³-hybridized carbons (Fsp3) is 0.474. The molecule has 1 amide bonds. The third-order valence-corrected chi connectivity index (χ3v) is 5.75. The summed E-state index contributed by atoms with van der Waals surface area (Å²) in [5.74, 6) is -0.102. The van der Waals surface area contributed by atoms with Gasteiger partial charge in [-0.25, -0.2) is 4.98 Å². The lowest BCUT2D eigenvalue weighted by molar-refractivity contribution is -0.00720. The minimum Gasteiger partial charge on any atom is -0.347 e. The standard InChI is InChI=1S/C19H23N5O/c25-18(16-13-21-8-9-22-16)23-17-3-4-19(17)5-10-24(11-6-19)14-15-2-1-7-20-12-15/h1-2,7-9,12-13,17H,3-6,10-11,14H2,(H,23,25)/t17-/m0/s1. The van der Waals surface area contributed by atoms with Gasteiger partial charge >= 0.3 is 0 Å². The van der Waals surface area contributed by atoms with Gasteiger partial charge in [0.15, 0.2) is 0 Å². The van der Waals surface area contributed by atoms with Gasteiger partial charge in [0.2, 0.25) is 0 Å². The first-order valence-corrected chi connectivity index (χ1v) is 8.93. The maximum Gasteiger partial charge on any atom is 0.271 e. The Labute approximate surface area is 147 Å². The highest BCUT2D eigenvalue weighted by Crippen LogP contribution is 2.49. The summed E-state index contributed by atoms with van der Waals surface area (Å²) < 4.78 is 0. The molecular weight excluding hydrogens is 314 g/mol. The second-order valence-electron chi connectivity index (χ2n) is 7.16. The molecular formula is C19H23N5O. The molecule has 1 aliphatic heterocycles. The maximum atomic E-state index is 12.3. The van der Waals surface area contributed by atoms with Crippen LogP contribution in [0.5, 0.6) is 0 Å². The van der Waals surface area contributed by atoms with Gasteiger partial charge in [-0.1, -0.05) is 6.07 Å². The Kier molecular flexibility index (Phi) is 4.44. The minimum absolute atomic E-state index is 0.102. The van der Waals surface area contributed by atoms with Crippen LogP contribution >= 0.6 is 0 Å². The van der Waals surface area contributed by atoms with Crippen LogP contribution in [0.3, 0.4) is 0 Å². The number of rotatable bonds is 4. The monoisotopic (exact) mass is 337 g/mol. The van der Waals surface area contributed by atoms with Gasteiger partial charge in [0.1, 0.15) is 5.69 Å². The number of likely N-dealkylation sites (tertiary alicyclic amines) is 1. The van der Waals surface area contributed by atoms with Crippen LogP contribution in [-0.4, -0.2) is 44.9 Å². The molecule has 6 nitrogen and oxygen atoms in total. The summed E-state index contributed by atoms with van der Waals surface area (Å²) in [5.41, 5.74) is 1.93. The maximum absolute atomic E-state index is 12.3. The van der Waals surface area contributed by atoms with E-state index in [-0.39, 0.29) is 17.4 Å².